The lowest BCUT2D eigenvalue weighted by atomic mass is 10.1. The zero-order chi connectivity index (χ0) is 12.0. The van der Waals surface area contributed by atoms with Crippen LogP contribution in [0.15, 0.2) is 24.3 Å². The monoisotopic (exact) mass is 238 g/mol. The molecule has 0 aliphatic carbocycles. The maximum Gasteiger partial charge on any atom is 0.223 e. The molecule has 1 atom stereocenters. The van der Waals surface area contributed by atoms with E-state index in [2.05, 4.69) is 5.32 Å². The fourth-order valence-electron chi connectivity index (χ4n) is 1.19. The lowest BCUT2D eigenvalue weighted by Gasteiger charge is -2.10. The number of halogens is 1. The largest absolute Gasteiger partial charge is 0.388 e. The smallest absolute Gasteiger partial charge is 0.223 e. The summed E-state index contributed by atoms with van der Waals surface area (Å²) in [5.41, 5.74) is 0.622. The van der Waals surface area contributed by atoms with Crippen molar-refractivity contribution in [1.82, 2.24) is 5.32 Å². The summed E-state index contributed by atoms with van der Waals surface area (Å²) in [6.45, 7) is -0.0494. The van der Waals surface area contributed by atoms with Crippen LogP contribution in [0.25, 0.3) is 0 Å². The van der Waals surface area contributed by atoms with Gasteiger partial charge in [0.05, 0.1) is 18.6 Å². The molecule has 0 saturated heterocycles. The minimum Gasteiger partial charge on any atom is -0.388 e. The molecule has 1 unspecified atom stereocenters. The highest BCUT2D eigenvalue weighted by Crippen LogP contribution is 2.18. The Balaban J connectivity index is 2.52. The van der Waals surface area contributed by atoms with Gasteiger partial charge < -0.3 is 10.4 Å². The number of nitrogens with zero attached hydrogens (tertiary/aromatic N) is 1. The minimum atomic E-state index is -0.879. The molecule has 0 bridgehead atoms. The number of carbonyl (C=O) groups is 1. The average Bonchev–Trinajstić information content (AvgIpc) is 2.27. The molecule has 0 spiro atoms. The van der Waals surface area contributed by atoms with Gasteiger partial charge >= 0.3 is 0 Å². The molecule has 1 amide bonds. The van der Waals surface area contributed by atoms with Gasteiger partial charge in [-0.1, -0.05) is 23.7 Å². The number of nitriles is 1. The van der Waals surface area contributed by atoms with Crippen LogP contribution in [0, 0.1) is 11.3 Å². The highest BCUT2D eigenvalue weighted by atomic mass is 35.5. The molecule has 0 radical (unpaired) electrons. The van der Waals surface area contributed by atoms with Crippen LogP contribution in [0.1, 0.15) is 18.1 Å². The first-order valence-electron chi connectivity index (χ1n) is 4.70. The number of rotatable bonds is 4. The third-order valence-corrected chi connectivity index (χ3v) is 2.25. The molecule has 0 aromatic heterocycles. The topological polar surface area (TPSA) is 73.1 Å². The van der Waals surface area contributed by atoms with Gasteiger partial charge in [0.15, 0.2) is 0 Å². The summed E-state index contributed by atoms with van der Waals surface area (Å²) < 4.78 is 0. The van der Waals surface area contributed by atoms with Gasteiger partial charge in [-0.2, -0.15) is 5.26 Å². The minimum absolute atomic E-state index is 0.0494. The predicted octanol–water partition coefficient (Wildman–Crippen LogP) is 1.40. The van der Waals surface area contributed by atoms with E-state index >= 15 is 0 Å². The van der Waals surface area contributed by atoms with Crippen LogP contribution in [-0.2, 0) is 4.79 Å². The van der Waals surface area contributed by atoms with Crippen LogP contribution in [-0.4, -0.2) is 17.6 Å². The summed E-state index contributed by atoms with van der Waals surface area (Å²) in [5, 5.41) is 20.9. The van der Waals surface area contributed by atoms with E-state index in [1.807, 2.05) is 0 Å². The average molecular weight is 239 g/mol. The lowest BCUT2D eigenvalue weighted by Crippen LogP contribution is -2.25. The molecule has 0 aliphatic heterocycles. The van der Waals surface area contributed by atoms with E-state index in [9.17, 15) is 9.90 Å². The van der Waals surface area contributed by atoms with Crippen LogP contribution in [0.2, 0.25) is 5.02 Å². The van der Waals surface area contributed by atoms with Crippen LogP contribution >= 0.6 is 11.6 Å². The van der Waals surface area contributed by atoms with E-state index in [1.165, 1.54) is 0 Å². The van der Waals surface area contributed by atoms with E-state index < -0.39 is 6.10 Å². The molecular weight excluding hydrogens is 228 g/mol. The van der Waals surface area contributed by atoms with Crippen molar-refractivity contribution in [2.75, 3.05) is 6.54 Å². The molecule has 0 saturated carbocycles. The summed E-state index contributed by atoms with van der Waals surface area (Å²) in [7, 11) is 0. The van der Waals surface area contributed by atoms with Crippen molar-refractivity contribution in [3.63, 3.8) is 0 Å². The van der Waals surface area contributed by atoms with Crippen LogP contribution < -0.4 is 5.32 Å². The van der Waals surface area contributed by atoms with Gasteiger partial charge in [-0.15, -0.1) is 0 Å². The van der Waals surface area contributed by atoms with Crippen molar-refractivity contribution in [2.45, 2.75) is 12.5 Å². The second-order valence-corrected chi connectivity index (χ2v) is 3.64. The van der Waals surface area contributed by atoms with Crippen molar-refractivity contribution in [1.29, 1.82) is 5.26 Å². The molecule has 4 nitrogen and oxygen atoms in total. The summed E-state index contributed by atoms with van der Waals surface area (Å²) in [6.07, 6.45) is -0.945. The first-order chi connectivity index (χ1) is 7.63. The highest BCUT2D eigenvalue weighted by Gasteiger charge is 2.12. The van der Waals surface area contributed by atoms with Gasteiger partial charge in [0.25, 0.3) is 0 Å². The normalized spacial score (nSPS) is 11.6. The first kappa shape index (κ1) is 12.5. The van der Waals surface area contributed by atoms with E-state index in [0.717, 1.165) is 0 Å². The summed E-state index contributed by atoms with van der Waals surface area (Å²) in [4.78, 5) is 11.2. The predicted molar refractivity (Wildman–Crippen MR) is 59.7 cm³/mol. The van der Waals surface area contributed by atoms with Crippen LogP contribution in [0.3, 0.4) is 0 Å². The molecule has 0 fully saturated rings. The van der Waals surface area contributed by atoms with Crippen molar-refractivity contribution >= 4 is 17.5 Å². The number of aliphatic hydroxyl groups is 1. The molecule has 16 heavy (non-hydrogen) atoms. The molecule has 2 N–H and O–H groups in total. The molecule has 1 rings (SSSR count). The molecule has 0 aliphatic rings. The number of hydrogen-bond acceptors (Lipinski definition) is 3. The van der Waals surface area contributed by atoms with Crippen molar-refractivity contribution in [3.05, 3.63) is 34.9 Å². The summed E-state index contributed by atoms with van der Waals surface area (Å²) in [6, 6.07) is 8.39. The number of carbonyl (C=O) groups excluding carboxylic acids is 1. The maximum absolute atomic E-state index is 11.2. The fourth-order valence-corrected chi connectivity index (χ4v) is 1.31. The fraction of sp³-hybridized carbons (Fsp3) is 0.273. The van der Waals surface area contributed by atoms with Gasteiger partial charge in [-0.05, 0) is 17.7 Å². The molecule has 5 heteroatoms. The number of nitrogens with one attached hydrogen (secondary N) is 1. The SMILES string of the molecule is N#CCNC(=O)CC(O)c1ccc(Cl)cc1. The Morgan fingerprint density at radius 1 is 1.50 bits per heavy atom. The molecule has 84 valence electrons. The standard InChI is InChI=1S/C11H11ClN2O2/c12-9-3-1-8(2-4-9)10(15)7-11(16)14-6-5-13/h1-4,10,15H,6-7H2,(H,14,16). The van der Waals surface area contributed by atoms with Gasteiger partial charge in [0.2, 0.25) is 5.91 Å². The Morgan fingerprint density at radius 2 is 2.12 bits per heavy atom. The van der Waals surface area contributed by atoms with Crippen molar-refractivity contribution in [3.8, 4) is 6.07 Å². The second kappa shape index (κ2) is 6.11. The molecular formula is C11H11ClN2O2. The Kier molecular flexibility index (Phi) is 4.77. The number of hydrogen-bond donors (Lipinski definition) is 2. The van der Waals surface area contributed by atoms with Gasteiger partial charge in [-0.3, -0.25) is 4.79 Å². The second-order valence-electron chi connectivity index (χ2n) is 3.21. The van der Waals surface area contributed by atoms with E-state index in [0.29, 0.717) is 10.6 Å². The van der Waals surface area contributed by atoms with Gasteiger partial charge in [0.1, 0.15) is 6.54 Å². The number of aliphatic hydroxyl groups excluding tert-OH is 1. The van der Waals surface area contributed by atoms with Gasteiger partial charge in [-0.25, -0.2) is 0 Å². The van der Waals surface area contributed by atoms with Crippen molar-refractivity contribution in [2.24, 2.45) is 0 Å². The van der Waals surface area contributed by atoms with E-state index in [4.69, 9.17) is 16.9 Å². The van der Waals surface area contributed by atoms with Crippen LogP contribution in [0.4, 0.5) is 0 Å². The first-order valence-corrected chi connectivity index (χ1v) is 5.08. The number of amides is 1. The van der Waals surface area contributed by atoms with Gasteiger partial charge in [0, 0.05) is 5.02 Å². The van der Waals surface area contributed by atoms with E-state index in [1.54, 1.807) is 30.3 Å². The third-order valence-electron chi connectivity index (χ3n) is 2.00. The molecule has 1 aromatic carbocycles. The number of benzene rings is 1. The van der Waals surface area contributed by atoms with Crippen LogP contribution in [0.5, 0.6) is 0 Å². The zero-order valence-corrected chi connectivity index (χ0v) is 9.24. The Hall–Kier alpha value is -1.57. The third kappa shape index (κ3) is 3.89. The Bertz CT molecular complexity index is 397. The van der Waals surface area contributed by atoms with E-state index in [-0.39, 0.29) is 18.9 Å². The lowest BCUT2D eigenvalue weighted by molar-refractivity contribution is -0.122. The Morgan fingerprint density at radius 3 is 2.69 bits per heavy atom. The molecule has 1 aromatic rings. The summed E-state index contributed by atoms with van der Waals surface area (Å²) >= 11 is 5.69. The van der Waals surface area contributed by atoms with Crippen molar-refractivity contribution < 1.29 is 9.90 Å². The summed E-state index contributed by atoms with van der Waals surface area (Å²) in [5.74, 6) is -0.357. The highest BCUT2D eigenvalue weighted by molar-refractivity contribution is 6.30. The quantitative estimate of drug-likeness (QED) is 0.779. The molecule has 0 heterocycles. The Labute approximate surface area is 98.5 Å². The zero-order valence-electron chi connectivity index (χ0n) is 8.48. The maximum atomic E-state index is 11.2.